The fourth-order valence-electron chi connectivity index (χ4n) is 3.00. The van der Waals surface area contributed by atoms with Crippen LogP contribution in [0.3, 0.4) is 0 Å². The molecular formula is C19H23ClN2O3S. The molecule has 2 aromatic carbocycles. The molecule has 7 heteroatoms. The van der Waals surface area contributed by atoms with Crippen LogP contribution in [0.1, 0.15) is 18.1 Å². The van der Waals surface area contributed by atoms with Crippen LogP contribution in [0.5, 0.6) is 0 Å². The monoisotopic (exact) mass is 394 g/mol. The van der Waals surface area contributed by atoms with Gasteiger partial charge >= 0.3 is 0 Å². The zero-order valence-corrected chi connectivity index (χ0v) is 16.0. The molecule has 0 unspecified atom stereocenters. The molecule has 0 aliphatic carbocycles. The van der Waals surface area contributed by atoms with Gasteiger partial charge < -0.3 is 4.74 Å². The predicted molar refractivity (Wildman–Crippen MR) is 103 cm³/mol. The number of nitrogens with zero attached hydrogens (tertiary/aromatic N) is 1. The number of morpholine rings is 1. The highest BCUT2D eigenvalue weighted by molar-refractivity contribution is 7.89. The van der Waals surface area contributed by atoms with Gasteiger partial charge in [-0.15, -0.1) is 0 Å². The van der Waals surface area contributed by atoms with Crippen molar-refractivity contribution in [2.75, 3.05) is 32.8 Å². The largest absolute Gasteiger partial charge is 0.371 e. The molecular weight excluding hydrogens is 372 g/mol. The number of nitrogens with one attached hydrogen (secondary N) is 1. The minimum absolute atomic E-state index is 0.0769. The van der Waals surface area contributed by atoms with Gasteiger partial charge in [-0.25, -0.2) is 13.1 Å². The van der Waals surface area contributed by atoms with E-state index in [4.69, 9.17) is 16.3 Å². The van der Waals surface area contributed by atoms with E-state index >= 15 is 0 Å². The zero-order chi connectivity index (χ0) is 18.4. The van der Waals surface area contributed by atoms with Crippen molar-refractivity contribution >= 4 is 21.6 Å². The lowest BCUT2D eigenvalue weighted by Gasteiger charge is -2.33. The maximum Gasteiger partial charge on any atom is 0.240 e. The summed E-state index contributed by atoms with van der Waals surface area (Å²) in [6.45, 7) is 3.59. The Bertz CT molecular complexity index is 815. The first-order valence-corrected chi connectivity index (χ1v) is 10.5. The van der Waals surface area contributed by atoms with Crippen molar-refractivity contribution in [1.29, 1.82) is 0 Å². The summed E-state index contributed by atoms with van der Waals surface area (Å²) < 4.78 is 33.0. The average Bonchev–Trinajstić information content (AvgIpc) is 2.66. The maximum absolute atomic E-state index is 12.3. The van der Waals surface area contributed by atoms with E-state index in [0.717, 1.165) is 26.1 Å². The summed E-state index contributed by atoms with van der Waals surface area (Å²) in [5, 5.41) is 0.410. The van der Waals surface area contributed by atoms with E-state index in [1.807, 2.05) is 18.2 Å². The molecule has 0 aromatic heterocycles. The summed E-state index contributed by atoms with van der Waals surface area (Å²) >= 11 is 5.87. The highest BCUT2D eigenvalue weighted by Crippen LogP contribution is 2.22. The Labute approximate surface area is 160 Å². The molecule has 1 aliphatic heterocycles. The Kier molecular flexibility index (Phi) is 6.67. The minimum atomic E-state index is -3.52. The van der Waals surface area contributed by atoms with Gasteiger partial charge in [0.25, 0.3) is 0 Å². The Morgan fingerprint density at radius 3 is 2.73 bits per heavy atom. The molecule has 0 bridgehead atoms. The van der Waals surface area contributed by atoms with Gasteiger partial charge in [0.1, 0.15) is 0 Å². The van der Waals surface area contributed by atoms with Crippen molar-refractivity contribution in [2.24, 2.45) is 0 Å². The van der Waals surface area contributed by atoms with Crippen LogP contribution in [0.15, 0.2) is 59.5 Å². The van der Waals surface area contributed by atoms with E-state index in [1.165, 1.54) is 11.6 Å². The van der Waals surface area contributed by atoms with Crippen molar-refractivity contribution in [3.05, 3.63) is 65.2 Å². The topological polar surface area (TPSA) is 58.6 Å². The van der Waals surface area contributed by atoms with Gasteiger partial charge in [-0.1, -0.05) is 48.0 Å². The Balaban J connectivity index is 1.46. The third-order valence-corrected chi connectivity index (χ3v) is 6.07. The summed E-state index contributed by atoms with van der Waals surface area (Å²) in [4.78, 5) is 2.51. The van der Waals surface area contributed by atoms with E-state index in [9.17, 15) is 8.42 Å². The second-order valence-corrected chi connectivity index (χ2v) is 8.48. The number of ether oxygens (including phenoxy) is 1. The maximum atomic E-state index is 12.3. The van der Waals surface area contributed by atoms with Gasteiger partial charge in [-0.3, -0.25) is 4.90 Å². The summed E-state index contributed by atoms with van der Waals surface area (Å²) in [6, 6.07) is 16.5. The summed E-state index contributed by atoms with van der Waals surface area (Å²) in [7, 11) is -3.52. The quantitative estimate of drug-likeness (QED) is 0.733. The van der Waals surface area contributed by atoms with E-state index in [0.29, 0.717) is 18.2 Å². The average molecular weight is 395 g/mol. The van der Waals surface area contributed by atoms with Gasteiger partial charge in [0.2, 0.25) is 10.0 Å². The molecule has 1 N–H and O–H groups in total. The SMILES string of the molecule is O=S(=O)(NCCCN1CCO[C@@H](c2ccccc2)C1)c1cccc(Cl)c1. The van der Waals surface area contributed by atoms with Crippen molar-refractivity contribution in [1.82, 2.24) is 9.62 Å². The van der Waals surface area contributed by atoms with Gasteiger partial charge in [0, 0.05) is 24.7 Å². The van der Waals surface area contributed by atoms with E-state index in [-0.39, 0.29) is 11.0 Å². The first-order chi connectivity index (χ1) is 12.5. The van der Waals surface area contributed by atoms with Crippen LogP contribution in [0.4, 0.5) is 0 Å². The molecule has 26 heavy (non-hydrogen) atoms. The molecule has 0 saturated carbocycles. The number of benzene rings is 2. The molecule has 3 rings (SSSR count). The van der Waals surface area contributed by atoms with Crippen molar-refractivity contribution < 1.29 is 13.2 Å². The van der Waals surface area contributed by atoms with E-state index < -0.39 is 10.0 Å². The highest BCUT2D eigenvalue weighted by atomic mass is 35.5. The second-order valence-electron chi connectivity index (χ2n) is 6.28. The molecule has 1 heterocycles. The predicted octanol–water partition coefficient (Wildman–Crippen LogP) is 3.08. The lowest BCUT2D eigenvalue weighted by Crippen LogP contribution is -2.39. The van der Waals surface area contributed by atoms with E-state index in [1.54, 1.807) is 18.2 Å². The Morgan fingerprint density at radius 1 is 1.15 bits per heavy atom. The van der Waals surface area contributed by atoms with Crippen LogP contribution in [-0.2, 0) is 14.8 Å². The highest BCUT2D eigenvalue weighted by Gasteiger charge is 2.21. The van der Waals surface area contributed by atoms with E-state index in [2.05, 4.69) is 21.8 Å². The molecule has 0 amide bonds. The molecule has 2 aromatic rings. The minimum Gasteiger partial charge on any atom is -0.371 e. The van der Waals surface area contributed by atoms with Gasteiger partial charge in [-0.05, 0) is 36.7 Å². The number of rotatable bonds is 7. The number of hydrogen-bond acceptors (Lipinski definition) is 4. The first kappa shape index (κ1) is 19.3. The van der Waals surface area contributed by atoms with Crippen LogP contribution in [-0.4, -0.2) is 46.1 Å². The van der Waals surface area contributed by atoms with Crippen LogP contribution in [0.2, 0.25) is 5.02 Å². The van der Waals surface area contributed by atoms with Crippen LogP contribution >= 0.6 is 11.6 Å². The summed E-state index contributed by atoms with van der Waals surface area (Å²) in [5.74, 6) is 0. The molecule has 1 fully saturated rings. The molecule has 0 radical (unpaired) electrons. The van der Waals surface area contributed by atoms with Gasteiger partial charge in [0.15, 0.2) is 0 Å². The zero-order valence-electron chi connectivity index (χ0n) is 14.5. The third kappa shape index (κ3) is 5.28. The van der Waals surface area contributed by atoms with Crippen LogP contribution in [0, 0.1) is 0 Å². The fraction of sp³-hybridized carbons (Fsp3) is 0.368. The molecule has 1 atom stereocenters. The van der Waals surface area contributed by atoms with Crippen LogP contribution < -0.4 is 4.72 Å². The molecule has 1 saturated heterocycles. The van der Waals surface area contributed by atoms with Gasteiger partial charge in [0.05, 0.1) is 17.6 Å². The van der Waals surface area contributed by atoms with Gasteiger partial charge in [-0.2, -0.15) is 0 Å². The lowest BCUT2D eigenvalue weighted by molar-refractivity contribution is -0.0300. The van der Waals surface area contributed by atoms with Crippen LogP contribution in [0.25, 0.3) is 0 Å². The summed E-state index contributed by atoms with van der Waals surface area (Å²) in [5.41, 5.74) is 1.18. The summed E-state index contributed by atoms with van der Waals surface area (Å²) in [6.07, 6.45) is 0.814. The molecule has 1 aliphatic rings. The number of halogens is 1. The third-order valence-electron chi connectivity index (χ3n) is 4.37. The Hall–Kier alpha value is -1.44. The number of hydrogen-bond donors (Lipinski definition) is 1. The Morgan fingerprint density at radius 2 is 1.96 bits per heavy atom. The fourth-order valence-corrected chi connectivity index (χ4v) is 4.38. The molecule has 5 nitrogen and oxygen atoms in total. The smallest absolute Gasteiger partial charge is 0.240 e. The lowest BCUT2D eigenvalue weighted by atomic mass is 10.1. The van der Waals surface area contributed by atoms with Crippen molar-refractivity contribution in [3.8, 4) is 0 Å². The van der Waals surface area contributed by atoms with Crippen molar-refractivity contribution in [2.45, 2.75) is 17.4 Å². The second kappa shape index (κ2) is 8.97. The number of sulfonamides is 1. The van der Waals surface area contributed by atoms with Crippen molar-refractivity contribution in [3.63, 3.8) is 0 Å². The first-order valence-electron chi connectivity index (χ1n) is 8.69. The standard InChI is InChI=1S/C19H23ClN2O3S/c20-17-8-4-9-18(14-17)26(23,24)21-10-5-11-22-12-13-25-19(15-22)16-6-2-1-3-7-16/h1-4,6-9,14,19,21H,5,10-13,15H2/t19-/m1/s1. The molecule has 0 spiro atoms. The molecule has 140 valence electrons. The normalized spacial score (nSPS) is 18.7.